The molecule has 1 amide bonds. The van der Waals surface area contributed by atoms with Crippen molar-refractivity contribution in [2.75, 3.05) is 26.0 Å². The van der Waals surface area contributed by atoms with Crippen LogP contribution in [0.1, 0.15) is 22.8 Å². The summed E-state index contributed by atoms with van der Waals surface area (Å²) in [4.78, 5) is 23.6. The van der Waals surface area contributed by atoms with Gasteiger partial charge in [-0.3, -0.25) is 4.79 Å². The van der Waals surface area contributed by atoms with Crippen LogP contribution in [0.5, 0.6) is 0 Å². The first-order valence-electron chi connectivity index (χ1n) is 6.29. The van der Waals surface area contributed by atoms with Gasteiger partial charge in [-0.1, -0.05) is 6.07 Å². The van der Waals surface area contributed by atoms with Gasteiger partial charge in [-0.05, 0) is 31.5 Å². The molecule has 0 aliphatic heterocycles. The molecule has 0 heterocycles. The summed E-state index contributed by atoms with van der Waals surface area (Å²) < 4.78 is 9.93. The Morgan fingerprint density at radius 1 is 1.40 bits per heavy atom. The number of aryl methyl sites for hydroxylation is 1. The van der Waals surface area contributed by atoms with E-state index in [1.165, 1.54) is 20.1 Å². The van der Waals surface area contributed by atoms with E-state index in [1.54, 1.807) is 19.1 Å². The maximum atomic E-state index is 12.0. The predicted octanol–water partition coefficient (Wildman–Crippen LogP) is 0.885. The third kappa shape index (κ3) is 4.55. The molecule has 0 radical (unpaired) electrons. The summed E-state index contributed by atoms with van der Waals surface area (Å²) >= 11 is 0. The number of rotatable bonds is 6. The molecule has 6 heteroatoms. The fourth-order valence-corrected chi connectivity index (χ4v) is 1.56. The SMILES string of the molecule is COCCNC(=O)C(C)OC(=O)c1cc(N)ccc1C. The molecular formula is C14H20N2O4. The number of hydrogen-bond acceptors (Lipinski definition) is 5. The summed E-state index contributed by atoms with van der Waals surface area (Å²) in [7, 11) is 1.54. The van der Waals surface area contributed by atoms with Crippen LogP contribution in [0.15, 0.2) is 18.2 Å². The van der Waals surface area contributed by atoms with Gasteiger partial charge in [0.2, 0.25) is 0 Å². The molecule has 1 unspecified atom stereocenters. The molecular weight excluding hydrogens is 260 g/mol. The normalized spacial score (nSPS) is 11.8. The van der Waals surface area contributed by atoms with E-state index < -0.39 is 12.1 Å². The second-order valence-corrected chi connectivity index (χ2v) is 4.41. The van der Waals surface area contributed by atoms with E-state index in [0.29, 0.717) is 24.4 Å². The van der Waals surface area contributed by atoms with Gasteiger partial charge >= 0.3 is 5.97 Å². The molecule has 0 bridgehead atoms. The first kappa shape index (κ1) is 16.0. The number of hydrogen-bond donors (Lipinski definition) is 2. The van der Waals surface area contributed by atoms with Gasteiger partial charge in [-0.15, -0.1) is 0 Å². The maximum absolute atomic E-state index is 12.0. The fourth-order valence-electron chi connectivity index (χ4n) is 1.56. The number of nitrogens with one attached hydrogen (secondary N) is 1. The van der Waals surface area contributed by atoms with Crippen molar-refractivity contribution >= 4 is 17.6 Å². The zero-order valence-corrected chi connectivity index (χ0v) is 11.9. The highest BCUT2D eigenvalue weighted by atomic mass is 16.5. The molecule has 1 rings (SSSR count). The molecule has 3 N–H and O–H groups in total. The Labute approximate surface area is 118 Å². The lowest BCUT2D eigenvalue weighted by Crippen LogP contribution is -2.37. The van der Waals surface area contributed by atoms with Crippen molar-refractivity contribution in [2.24, 2.45) is 0 Å². The van der Waals surface area contributed by atoms with E-state index in [2.05, 4.69) is 5.32 Å². The van der Waals surface area contributed by atoms with Gasteiger partial charge in [0.1, 0.15) is 0 Å². The molecule has 0 fully saturated rings. The van der Waals surface area contributed by atoms with Gasteiger partial charge < -0.3 is 20.5 Å². The standard InChI is InChI=1S/C14H20N2O4/c1-9-4-5-11(15)8-12(9)14(18)20-10(2)13(17)16-6-7-19-3/h4-5,8,10H,6-7,15H2,1-3H3,(H,16,17). The van der Waals surface area contributed by atoms with Crippen LogP contribution in [-0.4, -0.2) is 38.2 Å². The Bertz CT molecular complexity index is 488. The monoisotopic (exact) mass is 280 g/mol. The van der Waals surface area contributed by atoms with E-state index in [-0.39, 0.29) is 5.91 Å². The number of methoxy groups -OCH3 is 1. The highest BCUT2D eigenvalue weighted by Gasteiger charge is 2.19. The lowest BCUT2D eigenvalue weighted by molar-refractivity contribution is -0.129. The average Bonchev–Trinajstić information content (AvgIpc) is 2.41. The molecule has 110 valence electrons. The lowest BCUT2D eigenvalue weighted by Gasteiger charge is -2.14. The summed E-state index contributed by atoms with van der Waals surface area (Å²) in [6.07, 6.45) is -0.875. The van der Waals surface area contributed by atoms with Crippen molar-refractivity contribution in [3.8, 4) is 0 Å². The average molecular weight is 280 g/mol. The number of benzene rings is 1. The van der Waals surface area contributed by atoms with Gasteiger partial charge in [-0.2, -0.15) is 0 Å². The third-order valence-corrected chi connectivity index (χ3v) is 2.74. The van der Waals surface area contributed by atoms with Crippen LogP contribution >= 0.6 is 0 Å². The first-order valence-corrected chi connectivity index (χ1v) is 6.29. The quantitative estimate of drug-likeness (QED) is 0.459. The highest BCUT2D eigenvalue weighted by molar-refractivity contribution is 5.94. The molecule has 0 spiro atoms. The summed E-state index contributed by atoms with van der Waals surface area (Å²) in [5, 5.41) is 2.60. The van der Waals surface area contributed by atoms with Gasteiger partial charge in [-0.25, -0.2) is 4.79 Å². The second kappa shape index (κ2) is 7.49. The zero-order chi connectivity index (χ0) is 15.1. The predicted molar refractivity (Wildman–Crippen MR) is 75.4 cm³/mol. The molecule has 1 atom stereocenters. The molecule has 1 aromatic carbocycles. The smallest absolute Gasteiger partial charge is 0.339 e. The van der Waals surface area contributed by atoms with Crippen LogP contribution in [0, 0.1) is 6.92 Å². The van der Waals surface area contributed by atoms with Gasteiger partial charge in [0.05, 0.1) is 12.2 Å². The van der Waals surface area contributed by atoms with Crippen LogP contribution in [-0.2, 0) is 14.3 Å². The lowest BCUT2D eigenvalue weighted by atomic mass is 10.1. The minimum Gasteiger partial charge on any atom is -0.449 e. The van der Waals surface area contributed by atoms with Crippen LogP contribution in [0.2, 0.25) is 0 Å². The molecule has 0 aromatic heterocycles. The number of nitrogens with two attached hydrogens (primary N) is 1. The summed E-state index contributed by atoms with van der Waals surface area (Å²) in [5.74, 6) is -0.929. The van der Waals surface area contributed by atoms with Crippen LogP contribution in [0.25, 0.3) is 0 Å². The summed E-state index contributed by atoms with van der Waals surface area (Å²) in [6.45, 7) is 4.07. The van der Waals surface area contributed by atoms with E-state index in [1.807, 2.05) is 0 Å². The van der Waals surface area contributed by atoms with Crippen LogP contribution in [0.4, 0.5) is 5.69 Å². The Balaban J connectivity index is 2.61. The number of nitrogen functional groups attached to an aromatic ring is 1. The third-order valence-electron chi connectivity index (χ3n) is 2.74. The Morgan fingerprint density at radius 3 is 2.75 bits per heavy atom. The zero-order valence-electron chi connectivity index (χ0n) is 11.9. The Hall–Kier alpha value is -2.08. The Kier molecular flexibility index (Phi) is 5.99. The van der Waals surface area contributed by atoms with Crippen molar-refractivity contribution < 1.29 is 19.1 Å². The summed E-state index contributed by atoms with van der Waals surface area (Å²) in [5.41, 5.74) is 7.22. The van der Waals surface area contributed by atoms with Crippen molar-refractivity contribution in [3.63, 3.8) is 0 Å². The molecule has 1 aromatic rings. The van der Waals surface area contributed by atoms with E-state index in [4.69, 9.17) is 15.2 Å². The maximum Gasteiger partial charge on any atom is 0.339 e. The van der Waals surface area contributed by atoms with Crippen molar-refractivity contribution in [1.82, 2.24) is 5.32 Å². The number of anilines is 1. The number of ether oxygens (including phenoxy) is 2. The van der Waals surface area contributed by atoms with E-state index in [9.17, 15) is 9.59 Å². The van der Waals surface area contributed by atoms with E-state index in [0.717, 1.165) is 5.56 Å². The molecule has 6 nitrogen and oxygen atoms in total. The molecule has 0 aliphatic carbocycles. The molecule has 0 saturated heterocycles. The topological polar surface area (TPSA) is 90.6 Å². The van der Waals surface area contributed by atoms with Gasteiger partial charge in [0.15, 0.2) is 6.10 Å². The second-order valence-electron chi connectivity index (χ2n) is 4.41. The van der Waals surface area contributed by atoms with Gasteiger partial charge in [0.25, 0.3) is 5.91 Å². The minimum atomic E-state index is -0.875. The molecule has 0 aliphatic rings. The van der Waals surface area contributed by atoms with Crippen molar-refractivity contribution in [3.05, 3.63) is 29.3 Å². The van der Waals surface area contributed by atoms with Crippen molar-refractivity contribution in [2.45, 2.75) is 20.0 Å². The highest BCUT2D eigenvalue weighted by Crippen LogP contribution is 2.14. The molecule has 0 saturated carbocycles. The van der Waals surface area contributed by atoms with E-state index >= 15 is 0 Å². The van der Waals surface area contributed by atoms with Gasteiger partial charge in [0, 0.05) is 19.3 Å². The Morgan fingerprint density at radius 2 is 2.10 bits per heavy atom. The van der Waals surface area contributed by atoms with Crippen molar-refractivity contribution in [1.29, 1.82) is 0 Å². The number of carbonyl (C=O) groups is 2. The van der Waals surface area contributed by atoms with Crippen LogP contribution in [0.3, 0.4) is 0 Å². The first-order chi connectivity index (χ1) is 9.45. The molecule has 20 heavy (non-hydrogen) atoms. The number of amides is 1. The summed E-state index contributed by atoms with van der Waals surface area (Å²) in [6, 6.07) is 4.97. The number of esters is 1. The fraction of sp³-hybridized carbons (Fsp3) is 0.429. The minimum absolute atomic E-state index is 0.363. The largest absolute Gasteiger partial charge is 0.449 e. The van der Waals surface area contributed by atoms with Crippen LogP contribution < -0.4 is 11.1 Å². The number of carbonyl (C=O) groups excluding carboxylic acids is 2.